The lowest BCUT2D eigenvalue weighted by atomic mass is 9.78. The molecule has 1 fully saturated rings. The first-order chi connectivity index (χ1) is 9.68. The molecule has 0 radical (unpaired) electrons. The smallest absolute Gasteiger partial charge is 0.399 e. The van der Waals surface area contributed by atoms with Gasteiger partial charge in [0.25, 0.3) is 0 Å². The van der Waals surface area contributed by atoms with Crippen LogP contribution in [0, 0.1) is 0 Å². The fourth-order valence-corrected chi connectivity index (χ4v) is 1.61. The van der Waals surface area contributed by atoms with Crippen molar-refractivity contribution in [1.29, 1.82) is 0 Å². The summed E-state index contributed by atoms with van der Waals surface area (Å²) in [5, 5.41) is 3.00. The van der Waals surface area contributed by atoms with Crippen LogP contribution in [-0.2, 0) is 14.1 Å². The Balaban J connectivity index is 0.00000122. The van der Waals surface area contributed by atoms with Gasteiger partial charge in [0, 0.05) is 14.1 Å². The van der Waals surface area contributed by atoms with Crippen molar-refractivity contribution < 1.29 is 14.1 Å². The van der Waals surface area contributed by atoms with E-state index < -0.39 is 7.12 Å². The number of rotatable bonds is 3. The second kappa shape index (κ2) is 8.15. The topological polar surface area (TPSA) is 59.9 Å². The van der Waals surface area contributed by atoms with E-state index in [2.05, 4.69) is 16.9 Å². The average molecular weight is 294 g/mol. The Morgan fingerprint density at radius 1 is 1.24 bits per heavy atom. The van der Waals surface area contributed by atoms with E-state index in [1.54, 1.807) is 13.1 Å². The quantitative estimate of drug-likeness (QED) is 0.285. The molecule has 0 spiro atoms. The van der Waals surface area contributed by atoms with Crippen LogP contribution in [0.4, 0.5) is 0 Å². The summed E-state index contributed by atoms with van der Waals surface area (Å²) in [6.45, 7) is 13.4. The maximum absolute atomic E-state index is 8.81. The molecule has 21 heavy (non-hydrogen) atoms. The van der Waals surface area contributed by atoms with E-state index in [9.17, 15) is 0 Å². The largest absolute Gasteiger partial charge is 0.494 e. The number of aliphatic imine (C=N–C) groups is 1. The summed E-state index contributed by atoms with van der Waals surface area (Å²) in [4.78, 5) is 12.9. The number of carbonyl (C=O) groups excluding carboxylic acids is 1. The number of amidine groups is 1. The van der Waals surface area contributed by atoms with E-state index >= 15 is 0 Å². The monoisotopic (exact) mass is 294 g/mol. The van der Waals surface area contributed by atoms with E-state index in [-0.39, 0.29) is 11.2 Å². The Morgan fingerprint density at radius 2 is 1.67 bits per heavy atom. The molecule has 0 amide bonds. The molecular weight excluding hydrogens is 267 g/mol. The molecule has 1 rings (SSSR count). The van der Waals surface area contributed by atoms with Crippen LogP contribution < -0.4 is 5.32 Å². The SMILES string of the molecule is C=C/C(=C\C(=NC)NC)B1OC(C)(C)C(C)(C)O1.CC=O. The second-order valence-electron chi connectivity index (χ2n) is 5.53. The van der Waals surface area contributed by atoms with Crippen molar-refractivity contribution in [2.24, 2.45) is 4.99 Å². The fraction of sp³-hybridized carbons (Fsp3) is 0.600. The molecular formula is C15H27BN2O3. The molecule has 0 aromatic carbocycles. The molecule has 0 atom stereocenters. The van der Waals surface area contributed by atoms with Crippen molar-refractivity contribution in [3.05, 3.63) is 24.2 Å². The van der Waals surface area contributed by atoms with E-state index in [0.29, 0.717) is 0 Å². The molecule has 6 heteroatoms. The van der Waals surface area contributed by atoms with Gasteiger partial charge in [-0.15, -0.1) is 0 Å². The third-order valence-corrected chi connectivity index (χ3v) is 3.56. The number of allylic oxidation sites excluding steroid dienone is 2. The summed E-state index contributed by atoms with van der Waals surface area (Å²) < 4.78 is 11.9. The Labute approximate surface area is 128 Å². The van der Waals surface area contributed by atoms with Gasteiger partial charge in [0.05, 0.1) is 11.2 Å². The first kappa shape index (κ1) is 19.6. The summed E-state index contributed by atoms with van der Waals surface area (Å²) >= 11 is 0. The highest BCUT2D eigenvalue weighted by atomic mass is 16.7. The normalized spacial score (nSPS) is 20.4. The summed E-state index contributed by atoms with van der Waals surface area (Å²) in [6, 6.07) is 0. The first-order valence-corrected chi connectivity index (χ1v) is 6.93. The minimum absolute atomic E-state index is 0.344. The highest BCUT2D eigenvalue weighted by Crippen LogP contribution is 2.38. The van der Waals surface area contributed by atoms with E-state index in [4.69, 9.17) is 14.1 Å². The molecule has 0 aromatic heterocycles. The number of aldehydes is 1. The fourth-order valence-electron chi connectivity index (χ4n) is 1.61. The number of likely N-dealkylation sites (N-methyl/N-ethyl adjacent to an activating group) is 1. The van der Waals surface area contributed by atoms with Gasteiger partial charge in [-0.25, -0.2) is 0 Å². The van der Waals surface area contributed by atoms with Crippen molar-refractivity contribution in [3.8, 4) is 0 Å². The van der Waals surface area contributed by atoms with Gasteiger partial charge in [0.15, 0.2) is 0 Å². The average Bonchev–Trinajstić information content (AvgIpc) is 2.61. The third kappa shape index (κ3) is 5.14. The van der Waals surface area contributed by atoms with Crippen LogP contribution in [0.5, 0.6) is 0 Å². The number of hydrogen-bond acceptors (Lipinski definition) is 4. The zero-order chi connectivity index (χ0) is 16.7. The standard InChI is InChI=1S/C13H23BN2O2.C2H4O/c1-8-10(9-11(15-6)16-7)14-17-12(2,3)13(4,5)18-14;1-2-3/h8-9H,1H2,2-7H3,(H,15,16);2H,1H3/b10-9+;. The third-order valence-electron chi connectivity index (χ3n) is 3.56. The lowest BCUT2D eigenvalue weighted by molar-refractivity contribution is -0.106. The number of carbonyl (C=O) groups is 1. The van der Waals surface area contributed by atoms with Gasteiger partial charge in [0.1, 0.15) is 12.1 Å². The van der Waals surface area contributed by atoms with E-state index in [1.807, 2.05) is 40.8 Å². The number of nitrogens with one attached hydrogen (secondary N) is 1. The second-order valence-corrected chi connectivity index (χ2v) is 5.53. The van der Waals surface area contributed by atoms with Crippen LogP contribution in [0.2, 0.25) is 0 Å². The van der Waals surface area contributed by atoms with Gasteiger partial charge in [-0.2, -0.15) is 0 Å². The molecule has 1 saturated heterocycles. The van der Waals surface area contributed by atoms with Gasteiger partial charge >= 0.3 is 7.12 Å². The van der Waals surface area contributed by atoms with Crippen LogP contribution in [-0.4, -0.2) is 44.5 Å². The molecule has 1 aliphatic heterocycles. The molecule has 1 aliphatic rings. The van der Waals surface area contributed by atoms with E-state index in [1.165, 1.54) is 6.92 Å². The Morgan fingerprint density at radius 3 is 1.95 bits per heavy atom. The van der Waals surface area contributed by atoms with Crippen LogP contribution in [0.25, 0.3) is 0 Å². The van der Waals surface area contributed by atoms with Crippen LogP contribution >= 0.6 is 0 Å². The highest BCUT2D eigenvalue weighted by molar-refractivity contribution is 6.56. The Kier molecular flexibility index (Phi) is 7.61. The lowest BCUT2D eigenvalue weighted by Crippen LogP contribution is -2.41. The summed E-state index contributed by atoms with van der Waals surface area (Å²) in [5.41, 5.74) is 0.176. The summed E-state index contributed by atoms with van der Waals surface area (Å²) in [5.74, 6) is 0.764. The molecule has 0 unspecified atom stereocenters. The Hall–Kier alpha value is -1.40. The minimum atomic E-state index is -0.405. The molecule has 0 aliphatic carbocycles. The van der Waals surface area contributed by atoms with Gasteiger partial charge in [-0.1, -0.05) is 12.7 Å². The maximum atomic E-state index is 8.81. The zero-order valence-corrected chi connectivity index (χ0v) is 14.2. The first-order valence-electron chi connectivity index (χ1n) is 6.93. The summed E-state index contributed by atoms with van der Waals surface area (Å²) in [6.07, 6.45) is 4.37. The van der Waals surface area contributed by atoms with Crippen molar-refractivity contribution in [2.75, 3.05) is 14.1 Å². The predicted octanol–water partition coefficient (Wildman–Crippen LogP) is 2.18. The zero-order valence-electron chi connectivity index (χ0n) is 14.2. The molecule has 118 valence electrons. The van der Waals surface area contributed by atoms with Gasteiger partial charge in [0.2, 0.25) is 0 Å². The van der Waals surface area contributed by atoms with Crippen molar-refractivity contribution in [1.82, 2.24) is 5.32 Å². The van der Waals surface area contributed by atoms with Crippen molar-refractivity contribution in [3.63, 3.8) is 0 Å². The molecule has 0 aromatic rings. The minimum Gasteiger partial charge on any atom is -0.399 e. The molecule has 1 N–H and O–H groups in total. The number of hydrogen-bond donors (Lipinski definition) is 1. The molecule has 0 bridgehead atoms. The Bertz CT molecular complexity index is 413. The molecule has 1 heterocycles. The van der Waals surface area contributed by atoms with Crippen LogP contribution in [0.1, 0.15) is 34.6 Å². The van der Waals surface area contributed by atoms with Gasteiger partial charge in [-0.05, 0) is 46.2 Å². The van der Waals surface area contributed by atoms with Crippen LogP contribution in [0.3, 0.4) is 0 Å². The van der Waals surface area contributed by atoms with Gasteiger partial charge < -0.3 is 19.4 Å². The maximum Gasteiger partial charge on any atom is 0.494 e. The highest BCUT2D eigenvalue weighted by Gasteiger charge is 2.51. The summed E-state index contributed by atoms with van der Waals surface area (Å²) in [7, 11) is 3.15. The van der Waals surface area contributed by atoms with Crippen molar-refractivity contribution in [2.45, 2.75) is 45.8 Å². The molecule has 5 nitrogen and oxygen atoms in total. The van der Waals surface area contributed by atoms with Crippen LogP contribution in [0.15, 0.2) is 29.2 Å². The molecule has 0 saturated carbocycles. The lowest BCUT2D eigenvalue weighted by Gasteiger charge is -2.32. The van der Waals surface area contributed by atoms with Gasteiger partial charge in [-0.3, -0.25) is 4.99 Å². The van der Waals surface area contributed by atoms with E-state index in [0.717, 1.165) is 17.6 Å². The number of nitrogens with zero attached hydrogens (tertiary/aromatic N) is 1. The van der Waals surface area contributed by atoms with Crippen molar-refractivity contribution >= 4 is 19.2 Å². The predicted molar refractivity (Wildman–Crippen MR) is 88.5 cm³/mol.